The van der Waals surface area contributed by atoms with Crippen LogP contribution in [0.25, 0.3) is 11.0 Å². The second-order valence-corrected chi connectivity index (χ2v) is 7.53. The van der Waals surface area contributed by atoms with Gasteiger partial charge in [0.05, 0.1) is 4.92 Å². The molecular formula is C20H20N2O4S. The molecule has 0 atom stereocenters. The monoisotopic (exact) mass is 384 g/mol. The molecule has 3 rings (SSSR count). The third-order valence-corrected chi connectivity index (χ3v) is 5.30. The van der Waals surface area contributed by atoms with Crippen LogP contribution < -0.4 is 5.32 Å². The zero-order chi connectivity index (χ0) is 19.6. The molecule has 0 aliphatic carbocycles. The molecule has 0 aliphatic heterocycles. The molecule has 6 nitrogen and oxygen atoms in total. The van der Waals surface area contributed by atoms with Gasteiger partial charge >= 0.3 is 0 Å². The van der Waals surface area contributed by atoms with Crippen LogP contribution in [0.4, 0.5) is 5.69 Å². The summed E-state index contributed by atoms with van der Waals surface area (Å²) in [5.74, 6) is 0.769. The van der Waals surface area contributed by atoms with Crippen molar-refractivity contribution in [3.8, 4) is 0 Å². The smallest absolute Gasteiger partial charge is 0.287 e. The molecule has 3 aromatic rings. The van der Waals surface area contributed by atoms with Gasteiger partial charge in [0.15, 0.2) is 5.76 Å². The SMILES string of the molecule is Cc1cc(C)c2c(C)c(C(=O)NCCSc3ccc([N+](=O)[O-])cc3)oc2c1. The molecular weight excluding hydrogens is 364 g/mol. The van der Waals surface area contributed by atoms with Crippen molar-refractivity contribution in [2.75, 3.05) is 12.3 Å². The van der Waals surface area contributed by atoms with E-state index in [9.17, 15) is 14.9 Å². The van der Waals surface area contributed by atoms with Crippen LogP contribution in [0.15, 0.2) is 45.7 Å². The number of carbonyl (C=O) groups is 1. The normalized spacial score (nSPS) is 10.9. The number of carbonyl (C=O) groups excluding carboxylic acids is 1. The lowest BCUT2D eigenvalue weighted by atomic mass is 10.0. The number of rotatable bonds is 6. The minimum absolute atomic E-state index is 0.0681. The van der Waals surface area contributed by atoms with Gasteiger partial charge in [-0.3, -0.25) is 14.9 Å². The predicted molar refractivity (Wildman–Crippen MR) is 107 cm³/mol. The van der Waals surface area contributed by atoms with Crippen LogP contribution in [0.3, 0.4) is 0 Å². The Morgan fingerprint density at radius 2 is 1.89 bits per heavy atom. The summed E-state index contributed by atoms with van der Waals surface area (Å²) >= 11 is 1.52. The van der Waals surface area contributed by atoms with Crippen molar-refractivity contribution in [2.45, 2.75) is 25.7 Å². The van der Waals surface area contributed by atoms with Crippen molar-refractivity contribution in [2.24, 2.45) is 0 Å². The number of benzene rings is 2. The molecule has 0 radical (unpaired) electrons. The van der Waals surface area contributed by atoms with Gasteiger partial charge in [0, 0.05) is 40.3 Å². The highest BCUT2D eigenvalue weighted by Crippen LogP contribution is 2.29. The zero-order valence-corrected chi connectivity index (χ0v) is 16.2. The molecule has 0 spiro atoms. The van der Waals surface area contributed by atoms with Crippen LogP contribution >= 0.6 is 11.8 Å². The van der Waals surface area contributed by atoms with Crippen molar-refractivity contribution in [3.63, 3.8) is 0 Å². The molecule has 0 unspecified atom stereocenters. The zero-order valence-electron chi connectivity index (χ0n) is 15.4. The Labute approximate surface area is 161 Å². The molecule has 0 bridgehead atoms. The van der Waals surface area contributed by atoms with Crippen LogP contribution in [0.5, 0.6) is 0 Å². The molecule has 27 heavy (non-hydrogen) atoms. The van der Waals surface area contributed by atoms with Crippen molar-refractivity contribution < 1.29 is 14.1 Å². The first kappa shape index (κ1) is 19.0. The Bertz CT molecular complexity index is 1010. The summed E-state index contributed by atoms with van der Waals surface area (Å²) in [6.07, 6.45) is 0. The second-order valence-electron chi connectivity index (χ2n) is 6.37. The number of nitrogens with zero attached hydrogens (tertiary/aromatic N) is 1. The van der Waals surface area contributed by atoms with E-state index in [4.69, 9.17) is 4.42 Å². The maximum atomic E-state index is 12.5. The minimum Gasteiger partial charge on any atom is -0.451 e. The number of hydrogen-bond donors (Lipinski definition) is 1. The van der Waals surface area contributed by atoms with Gasteiger partial charge in [-0.25, -0.2) is 0 Å². The number of hydrogen-bond acceptors (Lipinski definition) is 5. The van der Waals surface area contributed by atoms with Gasteiger partial charge in [-0.05, 0) is 50.1 Å². The van der Waals surface area contributed by atoms with E-state index in [-0.39, 0.29) is 11.6 Å². The van der Waals surface area contributed by atoms with E-state index in [1.165, 1.54) is 23.9 Å². The lowest BCUT2D eigenvalue weighted by Gasteiger charge is -2.04. The molecule has 7 heteroatoms. The maximum Gasteiger partial charge on any atom is 0.287 e. The third kappa shape index (κ3) is 4.14. The average molecular weight is 384 g/mol. The van der Waals surface area contributed by atoms with Crippen LogP contribution in [-0.2, 0) is 0 Å². The molecule has 0 saturated carbocycles. The summed E-state index contributed by atoms with van der Waals surface area (Å²) < 4.78 is 5.79. The van der Waals surface area contributed by atoms with E-state index in [1.54, 1.807) is 12.1 Å². The van der Waals surface area contributed by atoms with E-state index in [2.05, 4.69) is 11.4 Å². The quantitative estimate of drug-likeness (QED) is 0.286. The largest absolute Gasteiger partial charge is 0.451 e. The van der Waals surface area contributed by atoms with Crippen molar-refractivity contribution in [3.05, 3.63) is 69.0 Å². The van der Waals surface area contributed by atoms with Crippen LogP contribution in [-0.4, -0.2) is 23.1 Å². The highest BCUT2D eigenvalue weighted by Gasteiger charge is 2.18. The van der Waals surface area contributed by atoms with Gasteiger partial charge in [0.2, 0.25) is 0 Å². The molecule has 1 N–H and O–H groups in total. The predicted octanol–water partition coefficient (Wildman–Crippen LogP) is 4.79. The van der Waals surface area contributed by atoms with E-state index in [0.717, 1.165) is 32.6 Å². The number of nitrogens with one attached hydrogen (secondary N) is 1. The fourth-order valence-electron chi connectivity index (χ4n) is 3.08. The summed E-state index contributed by atoms with van der Waals surface area (Å²) in [7, 11) is 0. The highest BCUT2D eigenvalue weighted by atomic mass is 32.2. The average Bonchev–Trinajstić information content (AvgIpc) is 2.95. The molecule has 1 amide bonds. The number of furan rings is 1. The number of nitro groups is 1. The molecule has 1 aromatic heterocycles. The molecule has 140 valence electrons. The molecule has 2 aromatic carbocycles. The van der Waals surface area contributed by atoms with Crippen molar-refractivity contribution in [1.29, 1.82) is 0 Å². The number of fused-ring (bicyclic) bond motifs is 1. The fourth-order valence-corrected chi connectivity index (χ4v) is 3.85. The van der Waals surface area contributed by atoms with Gasteiger partial charge in [-0.15, -0.1) is 11.8 Å². The fraction of sp³-hybridized carbons (Fsp3) is 0.250. The summed E-state index contributed by atoms with van der Waals surface area (Å²) in [4.78, 5) is 23.6. The Kier molecular flexibility index (Phi) is 5.51. The first-order chi connectivity index (χ1) is 12.9. The van der Waals surface area contributed by atoms with E-state index < -0.39 is 4.92 Å². The van der Waals surface area contributed by atoms with Gasteiger partial charge < -0.3 is 9.73 Å². The van der Waals surface area contributed by atoms with Crippen LogP contribution in [0, 0.1) is 30.9 Å². The lowest BCUT2D eigenvalue weighted by molar-refractivity contribution is -0.384. The van der Waals surface area contributed by atoms with Crippen LogP contribution in [0.2, 0.25) is 0 Å². The Morgan fingerprint density at radius 3 is 2.56 bits per heavy atom. The van der Waals surface area contributed by atoms with E-state index in [0.29, 0.717) is 18.1 Å². The van der Waals surface area contributed by atoms with Crippen molar-refractivity contribution in [1.82, 2.24) is 5.32 Å². The second kappa shape index (κ2) is 7.84. The van der Waals surface area contributed by atoms with Crippen molar-refractivity contribution >= 4 is 34.3 Å². The Morgan fingerprint density at radius 1 is 1.19 bits per heavy atom. The first-order valence-corrected chi connectivity index (χ1v) is 9.51. The summed E-state index contributed by atoms with van der Waals surface area (Å²) in [6, 6.07) is 10.4. The van der Waals surface area contributed by atoms with Gasteiger partial charge in [0.25, 0.3) is 11.6 Å². The summed E-state index contributed by atoms with van der Waals surface area (Å²) in [6.45, 7) is 6.38. The van der Waals surface area contributed by atoms with E-state index in [1.807, 2.05) is 26.8 Å². The molecule has 0 aliphatic rings. The number of nitro benzene ring substituents is 1. The van der Waals surface area contributed by atoms with Crippen LogP contribution in [0.1, 0.15) is 27.2 Å². The number of aryl methyl sites for hydroxylation is 3. The summed E-state index contributed by atoms with van der Waals surface area (Å²) in [5.41, 5.74) is 3.84. The van der Waals surface area contributed by atoms with Gasteiger partial charge in [0.1, 0.15) is 5.58 Å². The number of non-ortho nitro benzene ring substituents is 1. The topological polar surface area (TPSA) is 85.4 Å². The van der Waals surface area contributed by atoms with Gasteiger partial charge in [-0.2, -0.15) is 0 Å². The van der Waals surface area contributed by atoms with Gasteiger partial charge in [-0.1, -0.05) is 6.07 Å². The Hall–Kier alpha value is -2.80. The number of thioether (sulfide) groups is 1. The standard InChI is InChI=1S/C20H20N2O4S/c1-12-10-13(2)18-14(3)19(26-17(18)11-12)20(23)21-8-9-27-16-6-4-15(5-7-16)22(24)25/h4-7,10-11H,8-9H2,1-3H3,(H,21,23). The highest BCUT2D eigenvalue weighted by molar-refractivity contribution is 7.99. The Balaban J connectivity index is 1.60. The maximum absolute atomic E-state index is 12.5. The minimum atomic E-state index is -0.423. The molecule has 0 saturated heterocycles. The summed E-state index contributed by atoms with van der Waals surface area (Å²) in [5, 5.41) is 14.5. The number of amides is 1. The first-order valence-electron chi connectivity index (χ1n) is 8.52. The lowest BCUT2D eigenvalue weighted by Crippen LogP contribution is -2.25. The molecule has 0 fully saturated rings. The molecule has 1 heterocycles. The third-order valence-electron chi connectivity index (χ3n) is 4.28. The van der Waals surface area contributed by atoms with E-state index >= 15 is 0 Å².